The van der Waals surface area contributed by atoms with Gasteiger partial charge in [-0.15, -0.1) is 0 Å². The summed E-state index contributed by atoms with van der Waals surface area (Å²) in [6.07, 6.45) is 1.39. The monoisotopic (exact) mass is 487 g/mol. The van der Waals surface area contributed by atoms with Crippen LogP contribution in [-0.4, -0.2) is 29.1 Å². The van der Waals surface area contributed by atoms with Crippen molar-refractivity contribution in [2.24, 2.45) is 7.05 Å². The lowest BCUT2D eigenvalue weighted by Crippen LogP contribution is -2.41. The van der Waals surface area contributed by atoms with Gasteiger partial charge >= 0.3 is 5.69 Å². The van der Waals surface area contributed by atoms with Crippen molar-refractivity contribution in [1.29, 1.82) is 0 Å². The zero-order chi connectivity index (χ0) is 25.3. The summed E-state index contributed by atoms with van der Waals surface area (Å²) in [6.45, 7) is 3.34. The largest absolute Gasteiger partial charge is 0.338 e. The van der Waals surface area contributed by atoms with Gasteiger partial charge in [-0.1, -0.05) is 6.07 Å². The van der Waals surface area contributed by atoms with Gasteiger partial charge in [-0.25, -0.2) is 9.18 Å². The zero-order valence-corrected chi connectivity index (χ0v) is 19.8. The van der Waals surface area contributed by atoms with E-state index in [0.717, 1.165) is 5.56 Å². The molecule has 10 nitrogen and oxygen atoms in total. The topological polar surface area (TPSA) is 120 Å². The summed E-state index contributed by atoms with van der Waals surface area (Å²) in [6, 6.07) is 9.47. The van der Waals surface area contributed by atoms with Gasteiger partial charge in [0.1, 0.15) is 28.1 Å². The number of hydrogen-bond acceptors (Lipinski definition) is 6. The molecule has 0 atom stereocenters. The molecule has 3 heterocycles. The van der Waals surface area contributed by atoms with Crippen LogP contribution in [0.15, 0.2) is 50.8 Å². The second kappa shape index (κ2) is 7.74. The highest BCUT2D eigenvalue weighted by Gasteiger charge is 2.31. The van der Waals surface area contributed by atoms with Crippen LogP contribution in [0.1, 0.15) is 30.0 Å². The van der Waals surface area contributed by atoms with Crippen LogP contribution >= 0.6 is 0 Å². The van der Waals surface area contributed by atoms with Crippen LogP contribution < -0.4 is 22.1 Å². The molecule has 0 aliphatic heterocycles. The lowest BCUT2D eigenvalue weighted by Gasteiger charge is -2.20. The molecule has 0 saturated heterocycles. The van der Waals surface area contributed by atoms with Gasteiger partial charge in [0.2, 0.25) is 0 Å². The van der Waals surface area contributed by atoms with E-state index in [4.69, 9.17) is 0 Å². The molecule has 1 saturated carbocycles. The Kier molecular flexibility index (Phi) is 4.72. The first-order chi connectivity index (χ1) is 17.3. The molecule has 2 N–H and O–H groups in total. The van der Waals surface area contributed by atoms with Crippen molar-refractivity contribution in [2.45, 2.75) is 32.7 Å². The molecule has 0 bridgehead atoms. The molecule has 0 unspecified atom stereocenters. The van der Waals surface area contributed by atoms with Crippen molar-refractivity contribution >= 4 is 33.4 Å². The summed E-state index contributed by atoms with van der Waals surface area (Å²) in [5, 5.41) is 13.8. The number of halogens is 1. The highest BCUT2D eigenvalue weighted by atomic mass is 19.1. The van der Waals surface area contributed by atoms with Gasteiger partial charge in [0, 0.05) is 18.7 Å². The number of rotatable bonds is 4. The van der Waals surface area contributed by atoms with Gasteiger partial charge in [-0.3, -0.25) is 23.3 Å². The number of aromatic amines is 1. The number of nitrogens with one attached hydrogen (secondary N) is 2. The summed E-state index contributed by atoms with van der Waals surface area (Å²) in [4.78, 5) is 40.9. The van der Waals surface area contributed by atoms with Crippen molar-refractivity contribution in [3.8, 4) is 5.69 Å². The predicted octanol–water partition coefficient (Wildman–Crippen LogP) is 2.96. The number of aromatic nitrogens is 6. The van der Waals surface area contributed by atoms with Crippen molar-refractivity contribution in [1.82, 2.24) is 29.1 Å². The second-order valence-electron chi connectivity index (χ2n) is 9.19. The van der Waals surface area contributed by atoms with E-state index in [1.807, 2.05) is 0 Å². The molecule has 0 amide bonds. The van der Waals surface area contributed by atoms with E-state index in [1.165, 1.54) is 26.8 Å². The fourth-order valence-corrected chi connectivity index (χ4v) is 4.67. The number of aryl methyl sites for hydroxylation is 2. The maximum Gasteiger partial charge on any atom is 0.336 e. The first-order valence-electron chi connectivity index (χ1n) is 11.5. The number of hydrogen-bond donors (Lipinski definition) is 2. The molecule has 182 valence electrons. The van der Waals surface area contributed by atoms with Crippen molar-refractivity contribution in [3.05, 3.63) is 84.5 Å². The van der Waals surface area contributed by atoms with E-state index in [2.05, 4.69) is 20.7 Å². The Morgan fingerprint density at radius 1 is 1.00 bits per heavy atom. The normalized spacial score (nSPS) is 13.6. The summed E-state index contributed by atoms with van der Waals surface area (Å²) in [5.41, 5.74) is 1.32. The highest BCUT2D eigenvalue weighted by molar-refractivity contribution is 5.94. The van der Waals surface area contributed by atoms with Crippen LogP contribution in [0.5, 0.6) is 0 Å². The molecule has 5 aromatic rings. The first kappa shape index (κ1) is 22.0. The van der Waals surface area contributed by atoms with Gasteiger partial charge in [-0.05, 0) is 62.6 Å². The summed E-state index contributed by atoms with van der Waals surface area (Å²) in [5.74, 6) is -0.414. The Morgan fingerprint density at radius 2 is 1.75 bits per heavy atom. The third-order valence-corrected chi connectivity index (χ3v) is 6.69. The Labute approximate surface area is 202 Å². The minimum atomic E-state index is -0.540. The average molecular weight is 487 g/mol. The number of nitrogens with zero attached hydrogens (tertiary/aromatic N) is 5. The molecular weight excluding hydrogens is 465 g/mol. The predicted molar refractivity (Wildman–Crippen MR) is 134 cm³/mol. The quantitative estimate of drug-likeness (QED) is 0.402. The first-order valence-corrected chi connectivity index (χ1v) is 11.5. The van der Waals surface area contributed by atoms with Gasteiger partial charge < -0.3 is 5.32 Å². The molecule has 0 spiro atoms. The molecule has 0 radical (unpaired) electrons. The van der Waals surface area contributed by atoms with Gasteiger partial charge in [-0.2, -0.15) is 15.4 Å². The summed E-state index contributed by atoms with van der Waals surface area (Å²) < 4.78 is 18.7. The third-order valence-electron chi connectivity index (χ3n) is 6.69. The maximum absolute atomic E-state index is 14.8. The Hall–Kier alpha value is -4.54. The van der Waals surface area contributed by atoms with E-state index < -0.39 is 22.6 Å². The van der Waals surface area contributed by atoms with Crippen LogP contribution in [0.4, 0.5) is 15.9 Å². The van der Waals surface area contributed by atoms with Crippen molar-refractivity contribution in [2.75, 3.05) is 5.32 Å². The van der Waals surface area contributed by atoms with Crippen LogP contribution in [0.25, 0.3) is 27.6 Å². The Bertz CT molecular complexity index is 1890. The van der Waals surface area contributed by atoms with Crippen LogP contribution in [0.3, 0.4) is 0 Å². The van der Waals surface area contributed by atoms with Crippen LogP contribution in [0.2, 0.25) is 0 Å². The maximum atomic E-state index is 14.8. The number of H-pyrrole nitrogens is 1. The fraction of sp³-hybridized carbons (Fsp3) is 0.240. The summed E-state index contributed by atoms with van der Waals surface area (Å²) in [7, 11) is 1.51. The van der Waals surface area contributed by atoms with Crippen LogP contribution in [0, 0.1) is 19.7 Å². The molecule has 11 heteroatoms. The van der Waals surface area contributed by atoms with Crippen LogP contribution in [-0.2, 0) is 7.05 Å². The molecule has 36 heavy (non-hydrogen) atoms. The fourth-order valence-electron chi connectivity index (χ4n) is 4.67. The second-order valence-corrected chi connectivity index (χ2v) is 9.19. The van der Waals surface area contributed by atoms with E-state index in [0.29, 0.717) is 29.6 Å². The van der Waals surface area contributed by atoms with Crippen molar-refractivity contribution < 1.29 is 4.39 Å². The molecule has 6 rings (SSSR count). The van der Waals surface area contributed by atoms with Gasteiger partial charge in [0.05, 0.1) is 16.9 Å². The highest BCUT2D eigenvalue weighted by Crippen LogP contribution is 2.34. The Balaban J connectivity index is 1.76. The molecule has 3 aromatic heterocycles. The number of fused-ring (bicyclic) bond motifs is 2. The third kappa shape index (κ3) is 3.19. The average Bonchev–Trinajstić information content (AvgIpc) is 3.57. The molecule has 1 fully saturated rings. The molecule has 1 aliphatic rings. The minimum Gasteiger partial charge on any atom is -0.338 e. The summed E-state index contributed by atoms with van der Waals surface area (Å²) >= 11 is 0. The van der Waals surface area contributed by atoms with E-state index in [9.17, 15) is 18.8 Å². The lowest BCUT2D eigenvalue weighted by molar-refractivity contribution is 0.630. The smallest absolute Gasteiger partial charge is 0.336 e. The van der Waals surface area contributed by atoms with Crippen molar-refractivity contribution in [3.63, 3.8) is 0 Å². The standard InChI is InChI=1S/C25H22FN7O3/c1-12-4-8-17(16(26)10-12)27-22-20-21(13(2)23(34)31(22)3)32(25(36)33(24(20)35)14-5-6-14)15-7-9-18-19(11-15)29-30-28-18/h4,7-11,14,27H,5-6H2,1-3H3,(H,28,29,30). The number of anilines is 2. The van der Waals surface area contributed by atoms with Gasteiger partial charge in [0.15, 0.2) is 0 Å². The molecule has 1 aliphatic carbocycles. The molecular formula is C25H22FN7O3. The van der Waals surface area contributed by atoms with E-state index in [-0.39, 0.29) is 34.0 Å². The van der Waals surface area contributed by atoms with E-state index in [1.54, 1.807) is 44.2 Å². The van der Waals surface area contributed by atoms with Gasteiger partial charge in [0.25, 0.3) is 11.1 Å². The lowest BCUT2D eigenvalue weighted by atomic mass is 10.1. The molecule has 2 aromatic carbocycles. The van der Waals surface area contributed by atoms with E-state index >= 15 is 0 Å². The minimum absolute atomic E-state index is 0.110. The number of pyridine rings is 1. The number of benzene rings is 2. The zero-order valence-electron chi connectivity index (χ0n) is 19.8. The SMILES string of the molecule is Cc1ccc(Nc2c3c(=O)n(C4CC4)c(=O)n(-c4ccc5n[nH]nc5c4)c3c(C)c(=O)n2C)c(F)c1. The Morgan fingerprint density at radius 3 is 2.47 bits per heavy atom.